The number of nitrogens with zero attached hydrogens (tertiary/aromatic N) is 3. The molecule has 0 aliphatic carbocycles. The van der Waals surface area contributed by atoms with Crippen molar-refractivity contribution in [1.29, 1.82) is 0 Å². The number of piperazine rings is 1. The number of ether oxygens (including phenoxy) is 3. The van der Waals surface area contributed by atoms with Crippen LogP contribution in [-0.4, -0.2) is 81.5 Å². The fraction of sp³-hybridized carbons (Fsp3) is 0.417. The number of hydrogen-bond donors (Lipinski definition) is 0. The highest BCUT2D eigenvalue weighted by Crippen LogP contribution is 2.34. The highest BCUT2D eigenvalue weighted by atomic mass is 32.2. The molecule has 0 spiro atoms. The summed E-state index contributed by atoms with van der Waals surface area (Å²) in [5.74, 6) is 1.06. The van der Waals surface area contributed by atoms with E-state index in [0.29, 0.717) is 55.8 Å². The Balaban J connectivity index is 1.24. The molecule has 0 bridgehead atoms. The molecule has 2 saturated heterocycles. The third-order valence-electron chi connectivity index (χ3n) is 6.39. The van der Waals surface area contributed by atoms with Gasteiger partial charge in [0.2, 0.25) is 15.9 Å². The zero-order chi connectivity index (χ0) is 24.6. The Labute approximate surface area is 204 Å². The van der Waals surface area contributed by atoms with Crippen molar-refractivity contribution in [2.24, 2.45) is 0 Å². The van der Waals surface area contributed by atoms with Gasteiger partial charge < -0.3 is 14.2 Å². The molecule has 0 radical (unpaired) electrons. The Morgan fingerprint density at radius 1 is 0.943 bits per heavy atom. The van der Waals surface area contributed by atoms with Gasteiger partial charge in [0.15, 0.2) is 11.5 Å². The molecule has 2 aromatic rings. The van der Waals surface area contributed by atoms with Crippen LogP contribution in [0, 0.1) is 0 Å². The lowest BCUT2D eigenvalue weighted by atomic mass is 10.2. The summed E-state index contributed by atoms with van der Waals surface area (Å²) in [5.41, 5.74) is 0.505. The number of benzene rings is 2. The molecule has 10 nitrogen and oxygen atoms in total. The van der Waals surface area contributed by atoms with Gasteiger partial charge in [0.1, 0.15) is 19.0 Å². The van der Waals surface area contributed by atoms with Crippen LogP contribution < -0.4 is 19.1 Å². The van der Waals surface area contributed by atoms with Gasteiger partial charge in [-0.1, -0.05) is 0 Å². The quantitative estimate of drug-likeness (QED) is 0.549. The van der Waals surface area contributed by atoms with E-state index in [1.807, 2.05) is 11.8 Å². The summed E-state index contributed by atoms with van der Waals surface area (Å²) < 4.78 is 44.2. The minimum absolute atomic E-state index is 0.0704. The van der Waals surface area contributed by atoms with E-state index in [1.54, 1.807) is 30.3 Å². The normalized spacial score (nSPS) is 21.4. The van der Waals surface area contributed by atoms with Crippen LogP contribution in [0.15, 0.2) is 47.4 Å². The van der Waals surface area contributed by atoms with Crippen molar-refractivity contribution < 1.29 is 32.2 Å². The van der Waals surface area contributed by atoms with E-state index in [4.69, 9.17) is 14.2 Å². The molecular formula is C24H27N3O7S. The van der Waals surface area contributed by atoms with E-state index in [-0.39, 0.29) is 36.2 Å². The van der Waals surface area contributed by atoms with Gasteiger partial charge >= 0.3 is 0 Å². The molecule has 0 saturated carbocycles. The third kappa shape index (κ3) is 4.46. The van der Waals surface area contributed by atoms with E-state index in [9.17, 15) is 18.0 Å². The van der Waals surface area contributed by atoms with Crippen molar-refractivity contribution in [3.63, 3.8) is 0 Å². The fourth-order valence-electron chi connectivity index (χ4n) is 4.62. The Hall–Kier alpha value is -3.15. The fourth-order valence-corrected chi connectivity index (χ4v) is 6.06. The van der Waals surface area contributed by atoms with Crippen LogP contribution in [0.1, 0.15) is 13.3 Å². The van der Waals surface area contributed by atoms with Crippen molar-refractivity contribution in [2.45, 2.75) is 24.3 Å². The highest BCUT2D eigenvalue weighted by Gasteiger charge is 2.44. The first-order valence-electron chi connectivity index (χ1n) is 11.6. The molecule has 2 amide bonds. The molecular weight excluding hydrogens is 474 g/mol. The van der Waals surface area contributed by atoms with Crippen LogP contribution in [0.25, 0.3) is 0 Å². The van der Waals surface area contributed by atoms with Crippen molar-refractivity contribution in [3.8, 4) is 17.2 Å². The molecule has 3 aliphatic rings. The number of amides is 2. The van der Waals surface area contributed by atoms with Crippen molar-refractivity contribution >= 4 is 27.5 Å². The van der Waals surface area contributed by atoms with Crippen molar-refractivity contribution in [1.82, 2.24) is 9.21 Å². The lowest BCUT2D eigenvalue weighted by molar-refractivity contribution is -0.123. The highest BCUT2D eigenvalue weighted by molar-refractivity contribution is 7.89. The predicted octanol–water partition coefficient (Wildman–Crippen LogP) is 1.49. The van der Waals surface area contributed by atoms with Crippen LogP contribution in [-0.2, 0) is 19.6 Å². The summed E-state index contributed by atoms with van der Waals surface area (Å²) >= 11 is 0. The Bertz CT molecular complexity index is 1220. The van der Waals surface area contributed by atoms with Gasteiger partial charge in [0.25, 0.3) is 5.91 Å². The third-order valence-corrected chi connectivity index (χ3v) is 8.29. The molecule has 5 rings (SSSR count). The molecule has 3 heterocycles. The summed E-state index contributed by atoms with van der Waals surface area (Å²) in [6, 6.07) is 10.9. The standard InChI is InChI=1S/C24H27N3O7S/c1-2-32-18-5-3-17(4-6-18)27-23(28)16-20(24(27)29)25-9-11-26(12-10-25)35(30,31)19-7-8-21-22(15-19)34-14-13-33-21/h3-8,15,20H,2,9-14,16H2,1H3/t20-/m0/s1. The average molecular weight is 502 g/mol. The minimum Gasteiger partial charge on any atom is -0.494 e. The molecule has 2 aromatic carbocycles. The minimum atomic E-state index is -3.73. The molecule has 1 atom stereocenters. The van der Waals surface area contributed by atoms with Crippen LogP contribution in [0.2, 0.25) is 0 Å². The zero-order valence-corrected chi connectivity index (χ0v) is 20.2. The summed E-state index contributed by atoms with van der Waals surface area (Å²) in [4.78, 5) is 29.1. The summed E-state index contributed by atoms with van der Waals surface area (Å²) in [7, 11) is -3.73. The number of rotatable bonds is 6. The second kappa shape index (κ2) is 9.48. The van der Waals surface area contributed by atoms with Gasteiger partial charge in [-0.15, -0.1) is 0 Å². The van der Waals surface area contributed by atoms with Gasteiger partial charge in [-0.2, -0.15) is 4.31 Å². The Kier molecular flexibility index (Phi) is 6.39. The van der Waals surface area contributed by atoms with Crippen LogP contribution in [0.4, 0.5) is 5.69 Å². The Morgan fingerprint density at radius 2 is 1.63 bits per heavy atom. The number of imide groups is 1. The molecule has 35 heavy (non-hydrogen) atoms. The van der Waals surface area contributed by atoms with Crippen LogP contribution in [0.3, 0.4) is 0 Å². The summed E-state index contributed by atoms with van der Waals surface area (Å²) in [6.45, 7) is 4.36. The molecule has 186 valence electrons. The summed E-state index contributed by atoms with van der Waals surface area (Å²) in [5, 5.41) is 0. The molecule has 0 unspecified atom stereocenters. The smallest absolute Gasteiger partial charge is 0.251 e. The molecule has 0 N–H and O–H groups in total. The first-order chi connectivity index (χ1) is 16.9. The molecule has 2 fully saturated rings. The first kappa shape index (κ1) is 23.6. The van der Waals surface area contributed by atoms with Crippen molar-refractivity contribution in [2.75, 3.05) is 50.9 Å². The zero-order valence-electron chi connectivity index (χ0n) is 19.4. The van der Waals surface area contributed by atoms with E-state index in [1.165, 1.54) is 21.3 Å². The van der Waals surface area contributed by atoms with Gasteiger partial charge in [-0.05, 0) is 43.3 Å². The van der Waals surface area contributed by atoms with E-state index >= 15 is 0 Å². The molecule has 11 heteroatoms. The number of hydrogen-bond acceptors (Lipinski definition) is 8. The molecule has 3 aliphatic heterocycles. The maximum absolute atomic E-state index is 13.2. The first-order valence-corrected chi connectivity index (χ1v) is 13.1. The topological polar surface area (TPSA) is 106 Å². The van der Waals surface area contributed by atoms with E-state index in [0.717, 1.165) is 0 Å². The molecule has 0 aromatic heterocycles. The van der Waals surface area contributed by atoms with Gasteiger partial charge in [0, 0.05) is 32.2 Å². The van der Waals surface area contributed by atoms with Crippen LogP contribution in [0.5, 0.6) is 17.2 Å². The van der Waals surface area contributed by atoms with Gasteiger partial charge in [0.05, 0.1) is 29.7 Å². The second-order valence-corrected chi connectivity index (χ2v) is 10.4. The average Bonchev–Trinajstić information content (AvgIpc) is 3.18. The van der Waals surface area contributed by atoms with Crippen molar-refractivity contribution in [3.05, 3.63) is 42.5 Å². The van der Waals surface area contributed by atoms with Gasteiger partial charge in [-0.3, -0.25) is 14.5 Å². The number of carbonyl (C=O) groups is 2. The van der Waals surface area contributed by atoms with Crippen LogP contribution >= 0.6 is 0 Å². The maximum atomic E-state index is 13.2. The van der Waals surface area contributed by atoms with E-state index < -0.39 is 16.1 Å². The second-order valence-electron chi connectivity index (χ2n) is 8.46. The lowest BCUT2D eigenvalue weighted by Gasteiger charge is -2.36. The Morgan fingerprint density at radius 3 is 2.31 bits per heavy atom. The number of anilines is 1. The number of fused-ring (bicyclic) bond motifs is 1. The lowest BCUT2D eigenvalue weighted by Crippen LogP contribution is -2.53. The van der Waals surface area contributed by atoms with Gasteiger partial charge in [-0.25, -0.2) is 13.3 Å². The summed E-state index contributed by atoms with van der Waals surface area (Å²) in [6.07, 6.45) is 0.0704. The number of carbonyl (C=O) groups excluding carboxylic acids is 2. The monoisotopic (exact) mass is 501 g/mol. The SMILES string of the molecule is CCOc1ccc(N2C(=O)C[C@H](N3CCN(S(=O)(=O)c4ccc5c(c4)OCCO5)CC3)C2=O)cc1. The predicted molar refractivity (Wildman–Crippen MR) is 126 cm³/mol. The number of sulfonamides is 1. The largest absolute Gasteiger partial charge is 0.494 e. The maximum Gasteiger partial charge on any atom is 0.251 e. The van der Waals surface area contributed by atoms with E-state index in [2.05, 4.69) is 0 Å².